The number of hydrogen-bond donors (Lipinski definition) is 2. The highest BCUT2D eigenvalue weighted by molar-refractivity contribution is 9.10. The van der Waals surface area contributed by atoms with E-state index in [2.05, 4.69) is 38.7 Å². The summed E-state index contributed by atoms with van der Waals surface area (Å²) in [6.07, 6.45) is 3.44. The molecular formula is C22H24BrN3O6. The first-order valence-electron chi connectivity index (χ1n) is 10.0. The molecule has 1 heterocycles. The maximum Gasteiger partial charge on any atom is 0.259 e. The molecule has 0 aromatic heterocycles. The van der Waals surface area contributed by atoms with Crippen molar-refractivity contribution in [2.75, 3.05) is 27.1 Å². The van der Waals surface area contributed by atoms with Crippen LogP contribution in [0.3, 0.4) is 0 Å². The van der Waals surface area contributed by atoms with Crippen LogP contribution < -0.4 is 29.7 Å². The Labute approximate surface area is 194 Å². The minimum atomic E-state index is -0.471. The van der Waals surface area contributed by atoms with Crippen molar-refractivity contribution in [3.8, 4) is 23.0 Å². The molecule has 2 aromatic rings. The SMILES string of the molecule is CCCCOc1c(Br)cc(/C=N\NC(=O)CNC(=O)c2ccc3c(c2)OCO3)cc1OC. The van der Waals surface area contributed by atoms with E-state index in [0.29, 0.717) is 40.7 Å². The summed E-state index contributed by atoms with van der Waals surface area (Å²) in [5, 5.41) is 6.46. The zero-order valence-electron chi connectivity index (χ0n) is 17.8. The minimum absolute atomic E-state index is 0.123. The first-order chi connectivity index (χ1) is 15.5. The Morgan fingerprint density at radius 3 is 2.81 bits per heavy atom. The van der Waals surface area contributed by atoms with E-state index < -0.39 is 11.8 Å². The molecule has 10 heteroatoms. The van der Waals surface area contributed by atoms with Crippen molar-refractivity contribution in [3.63, 3.8) is 0 Å². The van der Waals surface area contributed by atoms with Crippen molar-refractivity contribution in [2.45, 2.75) is 19.8 Å². The number of rotatable bonds is 10. The Hall–Kier alpha value is -3.27. The van der Waals surface area contributed by atoms with E-state index in [9.17, 15) is 9.59 Å². The van der Waals surface area contributed by atoms with Gasteiger partial charge in [0, 0.05) is 5.56 Å². The molecule has 170 valence electrons. The molecule has 1 aliphatic rings. The Morgan fingerprint density at radius 1 is 1.22 bits per heavy atom. The van der Waals surface area contributed by atoms with Gasteiger partial charge >= 0.3 is 0 Å². The monoisotopic (exact) mass is 505 g/mol. The number of carbonyl (C=O) groups excluding carboxylic acids is 2. The van der Waals surface area contributed by atoms with Crippen molar-refractivity contribution in [3.05, 3.63) is 45.9 Å². The number of carbonyl (C=O) groups is 2. The summed E-state index contributed by atoms with van der Waals surface area (Å²) in [7, 11) is 1.56. The van der Waals surface area contributed by atoms with Crippen LogP contribution in [0.4, 0.5) is 0 Å². The summed E-state index contributed by atoms with van der Waals surface area (Å²) >= 11 is 3.48. The van der Waals surface area contributed by atoms with Crippen LogP contribution >= 0.6 is 15.9 Å². The first kappa shape index (κ1) is 23.4. The van der Waals surface area contributed by atoms with Crippen LogP contribution in [0.1, 0.15) is 35.7 Å². The summed E-state index contributed by atoms with van der Waals surface area (Å²) < 4.78 is 22.3. The molecule has 32 heavy (non-hydrogen) atoms. The van der Waals surface area contributed by atoms with Gasteiger partial charge in [0.25, 0.3) is 11.8 Å². The number of ether oxygens (including phenoxy) is 4. The number of nitrogens with zero attached hydrogens (tertiary/aromatic N) is 1. The van der Waals surface area contributed by atoms with E-state index in [1.807, 2.05) is 0 Å². The summed E-state index contributed by atoms with van der Waals surface area (Å²) in [4.78, 5) is 24.2. The van der Waals surface area contributed by atoms with Crippen LogP contribution in [0.15, 0.2) is 39.9 Å². The lowest BCUT2D eigenvalue weighted by molar-refractivity contribution is -0.120. The van der Waals surface area contributed by atoms with Crippen LogP contribution in [0, 0.1) is 0 Å². The van der Waals surface area contributed by atoms with Crippen molar-refractivity contribution in [2.24, 2.45) is 5.10 Å². The predicted octanol–water partition coefficient (Wildman–Crippen LogP) is 3.25. The largest absolute Gasteiger partial charge is 0.493 e. The molecular weight excluding hydrogens is 482 g/mol. The van der Waals surface area contributed by atoms with Crippen molar-refractivity contribution < 1.29 is 28.5 Å². The van der Waals surface area contributed by atoms with E-state index in [1.165, 1.54) is 6.21 Å². The molecule has 0 saturated heterocycles. The fraction of sp³-hybridized carbons (Fsp3) is 0.318. The van der Waals surface area contributed by atoms with Crippen LogP contribution in [0.25, 0.3) is 0 Å². The maximum absolute atomic E-state index is 12.2. The molecule has 0 aliphatic carbocycles. The van der Waals surface area contributed by atoms with Crippen molar-refractivity contribution in [1.29, 1.82) is 0 Å². The molecule has 0 spiro atoms. The van der Waals surface area contributed by atoms with Gasteiger partial charge in [0.2, 0.25) is 6.79 Å². The van der Waals surface area contributed by atoms with Crippen LogP contribution in [-0.2, 0) is 4.79 Å². The Bertz CT molecular complexity index is 1010. The molecule has 0 atom stereocenters. The predicted molar refractivity (Wildman–Crippen MR) is 122 cm³/mol. The van der Waals surface area contributed by atoms with Gasteiger partial charge in [-0.15, -0.1) is 0 Å². The van der Waals surface area contributed by atoms with Gasteiger partial charge in [-0.2, -0.15) is 5.10 Å². The second-order valence-corrected chi connectivity index (χ2v) is 7.63. The first-order valence-corrected chi connectivity index (χ1v) is 10.8. The molecule has 1 aliphatic heterocycles. The molecule has 3 rings (SSSR count). The van der Waals surface area contributed by atoms with E-state index in [1.54, 1.807) is 37.4 Å². The number of amides is 2. The third kappa shape index (κ3) is 6.13. The highest BCUT2D eigenvalue weighted by atomic mass is 79.9. The third-order valence-electron chi connectivity index (χ3n) is 4.44. The topological polar surface area (TPSA) is 107 Å². The standard InChI is InChI=1S/C22H24BrN3O6/c1-3-4-7-30-21-16(23)8-14(9-19(21)29-2)11-25-26-20(27)12-24-22(28)15-5-6-17-18(10-15)32-13-31-17/h5-6,8-11H,3-4,7,12-13H2,1-2H3,(H,24,28)(H,26,27)/b25-11-. The number of unbranched alkanes of at least 4 members (excludes halogenated alkanes) is 1. The smallest absolute Gasteiger partial charge is 0.259 e. The molecule has 0 saturated carbocycles. The van der Waals surface area contributed by atoms with Crippen LogP contribution in [0.5, 0.6) is 23.0 Å². The lowest BCUT2D eigenvalue weighted by atomic mass is 10.2. The van der Waals surface area contributed by atoms with Gasteiger partial charge in [0.1, 0.15) is 0 Å². The number of benzene rings is 2. The average molecular weight is 506 g/mol. The van der Waals surface area contributed by atoms with E-state index >= 15 is 0 Å². The number of halogens is 1. The van der Waals surface area contributed by atoms with Crippen LogP contribution in [0.2, 0.25) is 0 Å². The molecule has 9 nitrogen and oxygen atoms in total. The van der Waals surface area contributed by atoms with Crippen LogP contribution in [-0.4, -0.2) is 45.1 Å². The molecule has 0 unspecified atom stereocenters. The number of hydrazone groups is 1. The second-order valence-electron chi connectivity index (χ2n) is 6.78. The molecule has 0 radical (unpaired) electrons. The molecule has 2 amide bonds. The minimum Gasteiger partial charge on any atom is -0.493 e. The maximum atomic E-state index is 12.2. The van der Waals surface area contributed by atoms with Crippen molar-refractivity contribution in [1.82, 2.24) is 10.7 Å². The van der Waals surface area contributed by atoms with Gasteiger partial charge in [-0.3, -0.25) is 9.59 Å². The Kier molecular flexibility index (Phi) is 8.32. The summed E-state index contributed by atoms with van der Waals surface area (Å²) in [6, 6.07) is 8.37. The summed E-state index contributed by atoms with van der Waals surface area (Å²) in [5.41, 5.74) is 3.44. The zero-order chi connectivity index (χ0) is 22.9. The number of nitrogens with one attached hydrogen (secondary N) is 2. The lowest BCUT2D eigenvalue weighted by Gasteiger charge is -2.13. The average Bonchev–Trinajstić information content (AvgIpc) is 3.26. The van der Waals surface area contributed by atoms with E-state index in [4.69, 9.17) is 18.9 Å². The normalized spacial score (nSPS) is 12.0. The van der Waals surface area contributed by atoms with Gasteiger partial charge in [-0.1, -0.05) is 13.3 Å². The number of fused-ring (bicyclic) bond motifs is 1. The number of hydrogen-bond acceptors (Lipinski definition) is 7. The van der Waals surface area contributed by atoms with E-state index in [0.717, 1.165) is 17.3 Å². The second kappa shape index (κ2) is 11.4. The lowest BCUT2D eigenvalue weighted by Crippen LogP contribution is -2.34. The summed E-state index contributed by atoms with van der Waals surface area (Å²) in [5.74, 6) is 1.37. The Balaban J connectivity index is 1.51. The molecule has 2 N–H and O–H groups in total. The zero-order valence-corrected chi connectivity index (χ0v) is 19.4. The molecule has 0 fully saturated rings. The highest BCUT2D eigenvalue weighted by Crippen LogP contribution is 2.36. The van der Waals surface area contributed by atoms with Gasteiger partial charge in [0.05, 0.1) is 30.9 Å². The fourth-order valence-electron chi connectivity index (χ4n) is 2.79. The summed E-state index contributed by atoms with van der Waals surface area (Å²) in [6.45, 7) is 2.57. The van der Waals surface area contributed by atoms with Crippen molar-refractivity contribution >= 4 is 34.0 Å². The van der Waals surface area contributed by atoms with Gasteiger partial charge in [0.15, 0.2) is 23.0 Å². The van der Waals surface area contributed by atoms with Gasteiger partial charge in [-0.05, 0) is 58.2 Å². The number of methoxy groups -OCH3 is 1. The van der Waals surface area contributed by atoms with Gasteiger partial charge in [-0.25, -0.2) is 5.43 Å². The highest BCUT2D eigenvalue weighted by Gasteiger charge is 2.16. The molecule has 2 aromatic carbocycles. The van der Waals surface area contributed by atoms with E-state index in [-0.39, 0.29) is 13.3 Å². The fourth-order valence-corrected chi connectivity index (χ4v) is 3.37. The van der Waals surface area contributed by atoms with Gasteiger partial charge < -0.3 is 24.3 Å². The quantitative estimate of drug-likeness (QED) is 0.291. The molecule has 0 bridgehead atoms. The third-order valence-corrected chi connectivity index (χ3v) is 5.03. The Morgan fingerprint density at radius 2 is 2.03 bits per heavy atom.